The molecule has 0 bridgehead atoms. The molecule has 176 valence electrons. The molecule has 0 aromatic carbocycles. The normalized spacial score (nSPS) is 11.6. The second-order valence-electron chi connectivity index (χ2n) is 10.4. The van der Waals surface area contributed by atoms with Crippen molar-refractivity contribution in [2.45, 2.75) is 107 Å². The van der Waals surface area contributed by atoms with E-state index in [0.717, 1.165) is 23.2 Å². The second kappa shape index (κ2) is 10.7. The van der Waals surface area contributed by atoms with Gasteiger partial charge in [0.25, 0.3) is 0 Å². The fourth-order valence-corrected chi connectivity index (χ4v) is 1.98. The van der Waals surface area contributed by atoms with Gasteiger partial charge in [-0.25, -0.2) is 9.97 Å². The van der Waals surface area contributed by atoms with E-state index in [1.54, 1.807) is 6.26 Å². The maximum absolute atomic E-state index is 5.22. The van der Waals surface area contributed by atoms with Gasteiger partial charge >= 0.3 is 0 Å². The SMILES string of the molecule is C.Cc1coc(C(C)(C)C)n1.Cc1nc(C(C)(C)C)n[nH]1.Cc1noc(C(C)(C)C)n1. The van der Waals surface area contributed by atoms with Crippen LogP contribution in [0.4, 0.5) is 0 Å². The van der Waals surface area contributed by atoms with E-state index in [0.29, 0.717) is 11.7 Å². The van der Waals surface area contributed by atoms with Crippen molar-refractivity contribution in [1.29, 1.82) is 0 Å². The van der Waals surface area contributed by atoms with Gasteiger partial charge in [0.15, 0.2) is 17.5 Å². The van der Waals surface area contributed by atoms with Crippen LogP contribution in [0.25, 0.3) is 0 Å². The fraction of sp³-hybridized carbons (Fsp3) is 0.696. The number of aromatic amines is 1. The summed E-state index contributed by atoms with van der Waals surface area (Å²) in [6.45, 7) is 24.3. The molecule has 0 aliphatic rings. The van der Waals surface area contributed by atoms with E-state index in [1.807, 2.05) is 41.5 Å². The first-order chi connectivity index (χ1) is 13.5. The minimum Gasteiger partial charge on any atom is -0.448 e. The Bertz CT molecular complexity index is 782. The van der Waals surface area contributed by atoms with Gasteiger partial charge in [-0.1, -0.05) is 74.9 Å². The van der Waals surface area contributed by atoms with Crippen LogP contribution >= 0.6 is 0 Å². The number of aromatic nitrogens is 6. The molecule has 1 N–H and O–H groups in total. The first-order valence-corrected chi connectivity index (χ1v) is 10.1. The van der Waals surface area contributed by atoms with Crippen molar-refractivity contribution in [1.82, 2.24) is 30.3 Å². The lowest BCUT2D eigenvalue weighted by Crippen LogP contribution is -2.13. The van der Waals surface area contributed by atoms with Crippen LogP contribution in [-0.2, 0) is 16.2 Å². The van der Waals surface area contributed by atoms with Crippen molar-refractivity contribution in [2.24, 2.45) is 0 Å². The number of hydrogen-bond donors (Lipinski definition) is 1. The van der Waals surface area contributed by atoms with E-state index < -0.39 is 0 Å². The number of oxazole rings is 1. The average molecular weight is 435 g/mol. The Morgan fingerprint density at radius 3 is 1.48 bits per heavy atom. The molecule has 0 aliphatic heterocycles. The highest BCUT2D eigenvalue weighted by molar-refractivity contribution is 5.02. The molecule has 3 rings (SSSR count). The van der Waals surface area contributed by atoms with Gasteiger partial charge in [-0.3, -0.25) is 5.10 Å². The highest BCUT2D eigenvalue weighted by Gasteiger charge is 2.20. The number of nitrogens with one attached hydrogen (secondary N) is 1. The summed E-state index contributed by atoms with van der Waals surface area (Å²) in [6.07, 6.45) is 1.68. The van der Waals surface area contributed by atoms with Crippen molar-refractivity contribution in [3.8, 4) is 0 Å². The van der Waals surface area contributed by atoms with Gasteiger partial charge < -0.3 is 8.94 Å². The van der Waals surface area contributed by atoms with Gasteiger partial charge in [-0.15, -0.1) is 0 Å². The Morgan fingerprint density at radius 1 is 0.742 bits per heavy atom. The number of aryl methyl sites for hydroxylation is 3. The summed E-state index contributed by atoms with van der Waals surface area (Å²) >= 11 is 0. The van der Waals surface area contributed by atoms with Crippen LogP contribution in [-0.4, -0.2) is 30.3 Å². The summed E-state index contributed by atoms with van der Waals surface area (Å²) < 4.78 is 10.2. The zero-order valence-corrected chi connectivity index (χ0v) is 20.6. The van der Waals surface area contributed by atoms with Crippen LogP contribution < -0.4 is 0 Å². The molecule has 0 fully saturated rings. The van der Waals surface area contributed by atoms with Crippen LogP contribution in [0.2, 0.25) is 0 Å². The van der Waals surface area contributed by atoms with Crippen molar-refractivity contribution in [2.75, 3.05) is 0 Å². The predicted octanol–water partition coefficient (Wildman–Crippen LogP) is 6.00. The Kier molecular flexibility index (Phi) is 9.82. The van der Waals surface area contributed by atoms with Gasteiger partial charge in [0.1, 0.15) is 12.1 Å². The Labute approximate surface area is 187 Å². The number of hydrogen-bond acceptors (Lipinski definition) is 7. The van der Waals surface area contributed by atoms with Gasteiger partial charge in [0.05, 0.1) is 5.69 Å². The third-order valence-corrected chi connectivity index (χ3v) is 3.70. The molecule has 0 aliphatic carbocycles. The van der Waals surface area contributed by atoms with Gasteiger partial charge in [0.2, 0.25) is 5.89 Å². The van der Waals surface area contributed by atoms with E-state index >= 15 is 0 Å². The first-order valence-electron chi connectivity index (χ1n) is 10.1. The number of rotatable bonds is 0. The summed E-state index contributed by atoms with van der Waals surface area (Å²) in [5, 5.41) is 10.6. The Morgan fingerprint density at radius 2 is 1.29 bits per heavy atom. The molecule has 3 aromatic rings. The van der Waals surface area contributed by atoms with Crippen LogP contribution in [0.5, 0.6) is 0 Å². The van der Waals surface area contributed by atoms with Crippen LogP contribution in [0.1, 0.15) is 105 Å². The first kappa shape index (κ1) is 28.5. The number of H-pyrrole nitrogens is 1. The molecule has 8 nitrogen and oxygen atoms in total. The van der Waals surface area contributed by atoms with Gasteiger partial charge in [-0.05, 0) is 20.8 Å². The molecule has 8 heteroatoms. The summed E-state index contributed by atoms with van der Waals surface area (Å²) in [5.41, 5.74) is 1.02. The standard InChI is InChI=1S/C8H13NO.C7H13N3.C7H12N2O.CH4/c1-6-5-10-7(9-6)8(2,3)4;2*1-5-8-6(10-9-5)7(2,3)4;/h5H,1-4H3;1-4H3,(H,8,9,10);1-4H3;1H4. The minimum absolute atomic E-state index is 0. The van der Waals surface area contributed by atoms with Crippen LogP contribution in [0.3, 0.4) is 0 Å². The smallest absolute Gasteiger partial charge is 0.232 e. The lowest BCUT2D eigenvalue weighted by atomic mass is 9.96. The van der Waals surface area contributed by atoms with E-state index in [1.165, 1.54) is 0 Å². The molecule has 3 aromatic heterocycles. The summed E-state index contributed by atoms with van der Waals surface area (Å²) in [4.78, 5) is 12.5. The molecular formula is C23H42N6O2. The average Bonchev–Trinajstić information content (AvgIpc) is 3.27. The minimum atomic E-state index is -0.0265. The maximum atomic E-state index is 5.22. The molecular weight excluding hydrogens is 392 g/mol. The molecule has 0 atom stereocenters. The fourth-order valence-electron chi connectivity index (χ4n) is 1.98. The lowest BCUT2D eigenvalue weighted by Gasteiger charge is -2.11. The lowest BCUT2D eigenvalue weighted by molar-refractivity contribution is 0.319. The van der Waals surface area contributed by atoms with Crippen molar-refractivity contribution in [3.05, 3.63) is 41.2 Å². The van der Waals surface area contributed by atoms with Crippen LogP contribution in [0.15, 0.2) is 15.2 Å². The molecule has 0 saturated carbocycles. The highest BCUT2D eigenvalue weighted by Crippen LogP contribution is 2.20. The molecule has 31 heavy (non-hydrogen) atoms. The summed E-state index contributed by atoms with van der Waals surface area (Å²) in [6, 6.07) is 0. The predicted molar refractivity (Wildman–Crippen MR) is 124 cm³/mol. The Hall–Kier alpha value is -2.51. The molecule has 0 radical (unpaired) electrons. The molecule has 0 amide bonds. The molecule has 3 heterocycles. The van der Waals surface area contributed by atoms with E-state index in [-0.39, 0.29) is 23.7 Å². The number of nitrogens with zero attached hydrogens (tertiary/aromatic N) is 5. The van der Waals surface area contributed by atoms with Crippen molar-refractivity contribution >= 4 is 0 Å². The largest absolute Gasteiger partial charge is 0.448 e. The quantitative estimate of drug-likeness (QED) is 0.462. The zero-order chi connectivity index (χ0) is 23.3. The maximum Gasteiger partial charge on any atom is 0.232 e. The molecule has 0 spiro atoms. The molecule has 0 saturated heterocycles. The topological polar surface area (TPSA) is 107 Å². The van der Waals surface area contributed by atoms with Crippen LogP contribution in [0, 0.1) is 20.8 Å². The van der Waals surface area contributed by atoms with E-state index in [4.69, 9.17) is 8.94 Å². The van der Waals surface area contributed by atoms with Gasteiger partial charge in [0, 0.05) is 16.2 Å². The van der Waals surface area contributed by atoms with E-state index in [9.17, 15) is 0 Å². The third kappa shape index (κ3) is 9.89. The monoisotopic (exact) mass is 434 g/mol. The second-order valence-corrected chi connectivity index (χ2v) is 10.4. The highest BCUT2D eigenvalue weighted by atomic mass is 16.5. The zero-order valence-electron chi connectivity index (χ0n) is 20.6. The third-order valence-electron chi connectivity index (χ3n) is 3.70. The summed E-state index contributed by atoms with van der Waals surface area (Å²) in [7, 11) is 0. The van der Waals surface area contributed by atoms with Crippen molar-refractivity contribution < 1.29 is 8.94 Å². The van der Waals surface area contributed by atoms with Gasteiger partial charge in [-0.2, -0.15) is 10.1 Å². The Balaban J connectivity index is 0.000000429. The summed E-state index contributed by atoms with van der Waals surface area (Å²) in [5.74, 6) is 3.97. The van der Waals surface area contributed by atoms with E-state index in [2.05, 4.69) is 71.8 Å². The molecule has 0 unspecified atom stereocenters. The van der Waals surface area contributed by atoms with Crippen molar-refractivity contribution in [3.63, 3.8) is 0 Å².